The van der Waals surface area contributed by atoms with E-state index in [-0.39, 0.29) is 15.7 Å². The van der Waals surface area contributed by atoms with Gasteiger partial charge in [-0.15, -0.1) is 10.2 Å². The van der Waals surface area contributed by atoms with E-state index in [4.69, 9.17) is 23.2 Å². The fourth-order valence-corrected chi connectivity index (χ4v) is 3.39. The van der Waals surface area contributed by atoms with E-state index in [0.717, 1.165) is 11.3 Å². The molecule has 0 radical (unpaired) electrons. The smallest absolute Gasteiger partial charge is 0.292 e. The number of aromatic nitrogens is 2. The molecule has 1 amide bonds. The topological polar surface area (TPSA) is 110 Å². The lowest BCUT2D eigenvalue weighted by Gasteiger charge is -2.03. The number of hydrogen-bond acceptors (Lipinski definition) is 7. The number of nitro groups is 1. The Kier molecular flexibility index (Phi) is 6.42. The number of amides is 1. The number of benzene rings is 2. The summed E-state index contributed by atoms with van der Waals surface area (Å²) in [4.78, 5) is 23.0. The minimum atomic E-state index is -0.485. The second kappa shape index (κ2) is 8.99. The van der Waals surface area contributed by atoms with Crippen LogP contribution in [0.4, 0.5) is 17.1 Å². The van der Waals surface area contributed by atoms with Crippen molar-refractivity contribution in [3.63, 3.8) is 0 Å². The van der Waals surface area contributed by atoms with E-state index in [0.29, 0.717) is 27.0 Å². The molecule has 1 aromatic heterocycles. The van der Waals surface area contributed by atoms with Crippen LogP contribution < -0.4 is 10.6 Å². The van der Waals surface area contributed by atoms with Gasteiger partial charge >= 0.3 is 0 Å². The highest BCUT2D eigenvalue weighted by atomic mass is 35.5. The fraction of sp³-hybridized carbons (Fsp3) is 0.0556. The predicted octanol–water partition coefficient (Wildman–Crippen LogP) is 5.13. The molecule has 3 rings (SSSR count). The van der Waals surface area contributed by atoms with Gasteiger partial charge in [-0.3, -0.25) is 14.9 Å². The fourth-order valence-electron chi connectivity index (χ4n) is 2.34. The first kappa shape index (κ1) is 20.7. The molecular weight excluding hydrogens is 437 g/mol. The van der Waals surface area contributed by atoms with Crippen molar-refractivity contribution in [3.05, 3.63) is 73.2 Å². The molecule has 0 aliphatic rings. The predicted molar refractivity (Wildman–Crippen MR) is 116 cm³/mol. The van der Waals surface area contributed by atoms with E-state index in [9.17, 15) is 14.9 Å². The molecule has 8 nitrogen and oxygen atoms in total. The Morgan fingerprint density at radius 1 is 1.17 bits per heavy atom. The molecule has 29 heavy (non-hydrogen) atoms. The minimum Gasteiger partial charge on any atom is -0.383 e. The van der Waals surface area contributed by atoms with Crippen molar-refractivity contribution in [2.75, 3.05) is 17.7 Å². The molecule has 0 aliphatic heterocycles. The SMILES string of the molecule is CNc1ccc(/C=C(\Cl)c2nnc(C(=O)Nc3ccc(Cl)cc3)s2)cc1[N+](=O)[O-]. The Labute approximate surface area is 179 Å². The summed E-state index contributed by atoms with van der Waals surface area (Å²) in [6.07, 6.45) is 1.52. The zero-order valence-corrected chi connectivity index (χ0v) is 17.2. The molecule has 0 saturated carbocycles. The van der Waals surface area contributed by atoms with Crippen molar-refractivity contribution >= 4 is 68.6 Å². The number of nitro benzene ring substituents is 1. The van der Waals surface area contributed by atoms with Gasteiger partial charge in [0.1, 0.15) is 5.69 Å². The van der Waals surface area contributed by atoms with Gasteiger partial charge in [0.25, 0.3) is 11.6 Å². The average Bonchev–Trinajstić information content (AvgIpc) is 3.20. The molecule has 1 heterocycles. The Morgan fingerprint density at radius 3 is 2.52 bits per heavy atom. The summed E-state index contributed by atoms with van der Waals surface area (Å²) in [7, 11) is 1.60. The number of hydrogen-bond donors (Lipinski definition) is 2. The van der Waals surface area contributed by atoms with Crippen LogP contribution >= 0.6 is 34.5 Å². The Balaban J connectivity index is 1.78. The van der Waals surface area contributed by atoms with Crippen LogP contribution in [0.15, 0.2) is 42.5 Å². The lowest BCUT2D eigenvalue weighted by Crippen LogP contribution is -2.11. The van der Waals surface area contributed by atoms with Crippen LogP contribution in [0.3, 0.4) is 0 Å². The Morgan fingerprint density at radius 2 is 1.86 bits per heavy atom. The molecule has 0 saturated heterocycles. The second-order valence-corrected chi connectivity index (χ2v) is 7.47. The Bertz CT molecular complexity index is 1100. The monoisotopic (exact) mass is 449 g/mol. The summed E-state index contributed by atoms with van der Waals surface area (Å²) in [5.74, 6) is -0.436. The highest BCUT2D eigenvalue weighted by Gasteiger charge is 2.16. The van der Waals surface area contributed by atoms with Crippen LogP contribution in [-0.4, -0.2) is 28.1 Å². The summed E-state index contributed by atoms with van der Waals surface area (Å²) in [6, 6.07) is 11.3. The zero-order chi connectivity index (χ0) is 21.0. The van der Waals surface area contributed by atoms with Crippen molar-refractivity contribution in [2.45, 2.75) is 0 Å². The standard InChI is InChI=1S/C18H13Cl2N5O3S/c1-21-14-7-2-10(9-15(14)25(27)28)8-13(20)17-23-24-18(29-17)16(26)22-12-5-3-11(19)4-6-12/h2-9,21H,1H3,(H,22,26)/b13-8-. The summed E-state index contributed by atoms with van der Waals surface area (Å²) >= 11 is 13.1. The van der Waals surface area contributed by atoms with E-state index in [2.05, 4.69) is 20.8 Å². The molecule has 2 N–H and O–H groups in total. The van der Waals surface area contributed by atoms with Crippen molar-refractivity contribution < 1.29 is 9.72 Å². The van der Waals surface area contributed by atoms with Crippen LogP contribution in [0, 0.1) is 10.1 Å². The number of carbonyl (C=O) groups excluding carboxylic acids is 1. The van der Waals surface area contributed by atoms with Crippen LogP contribution in [0.1, 0.15) is 20.4 Å². The van der Waals surface area contributed by atoms with E-state index >= 15 is 0 Å². The third-order valence-electron chi connectivity index (χ3n) is 3.71. The summed E-state index contributed by atoms with van der Waals surface area (Å²) < 4.78 is 0. The van der Waals surface area contributed by atoms with Gasteiger partial charge in [-0.1, -0.05) is 40.6 Å². The number of rotatable bonds is 6. The van der Waals surface area contributed by atoms with E-state index < -0.39 is 10.8 Å². The Hall–Kier alpha value is -3.01. The van der Waals surface area contributed by atoms with E-state index in [1.165, 1.54) is 12.1 Å². The minimum absolute atomic E-state index is 0.0778. The molecule has 148 valence electrons. The van der Waals surface area contributed by atoms with Gasteiger partial charge in [-0.2, -0.15) is 0 Å². The zero-order valence-electron chi connectivity index (χ0n) is 14.8. The third-order valence-corrected chi connectivity index (χ3v) is 5.31. The van der Waals surface area contributed by atoms with Crippen LogP contribution in [0.25, 0.3) is 11.1 Å². The molecule has 0 bridgehead atoms. The van der Waals surface area contributed by atoms with Crippen molar-refractivity contribution in [3.8, 4) is 0 Å². The number of nitrogens with one attached hydrogen (secondary N) is 2. The number of anilines is 2. The molecule has 3 aromatic rings. The first-order valence-electron chi connectivity index (χ1n) is 8.11. The van der Waals surface area contributed by atoms with E-state index in [1.54, 1.807) is 43.4 Å². The molecule has 0 atom stereocenters. The third kappa shape index (κ3) is 5.08. The van der Waals surface area contributed by atoms with Gasteiger partial charge in [-0.25, -0.2) is 0 Å². The van der Waals surface area contributed by atoms with Gasteiger partial charge in [0.2, 0.25) is 5.01 Å². The van der Waals surface area contributed by atoms with Gasteiger partial charge < -0.3 is 10.6 Å². The molecule has 0 aliphatic carbocycles. The summed E-state index contributed by atoms with van der Waals surface area (Å²) in [5, 5.41) is 25.6. The first-order valence-corrected chi connectivity index (χ1v) is 9.69. The summed E-state index contributed by atoms with van der Waals surface area (Å²) in [5.41, 5.74) is 1.39. The van der Waals surface area contributed by atoms with Crippen molar-refractivity contribution in [1.82, 2.24) is 10.2 Å². The quantitative estimate of drug-likeness (QED) is 0.398. The van der Waals surface area contributed by atoms with Crippen molar-refractivity contribution in [2.24, 2.45) is 0 Å². The lowest BCUT2D eigenvalue weighted by atomic mass is 10.1. The van der Waals surface area contributed by atoms with Crippen LogP contribution in [0.2, 0.25) is 5.02 Å². The maximum absolute atomic E-state index is 12.3. The number of halogens is 2. The maximum atomic E-state index is 12.3. The lowest BCUT2D eigenvalue weighted by molar-refractivity contribution is -0.383. The normalized spacial score (nSPS) is 11.2. The average molecular weight is 450 g/mol. The molecular formula is C18H13Cl2N5O3S. The van der Waals surface area contributed by atoms with Gasteiger partial charge in [0.15, 0.2) is 5.01 Å². The molecule has 2 aromatic carbocycles. The van der Waals surface area contributed by atoms with Crippen LogP contribution in [0.5, 0.6) is 0 Å². The maximum Gasteiger partial charge on any atom is 0.292 e. The van der Waals surface area contributed by atoms with E-state index in [1.807, 2.05) is 0 Å². The second-order valence-electron chi connectivity index (χ2n) is 5.65. The molecule has 11 heteroatoms. The van der Waals surface area contributed by atoms with Crippen LogP contribution in [-0.2, 0) is 0 Å². The molecule has 0 unspecified atom stereocenters. The van der Waals surface area contributed by atoms with Gasteiger partial charge in [0.05, 0.1) is 9.96 Å². The molecule has 0 spiro atoms. The number of carbonyl (C=O) groups is 1. The first-order chi connectivity index (χ1) is 13.9. The largest absolute Gasteiger partial charge is 0.383 e. The highest BCUT2D eigenvalue weighted by molar-refractivity contribution is 7.15. The van der Waals surface area contributed by atoms with Gasteiger partial charge in [-0.05, 0) is 42.0 Å². The molecule has 0 fully saturated rings. The summed E-state index contributed by atoms with van der Waals surface area (Å²) in [6.45, 7) is 0. The van der Waals surface area contributed by atoms with Gasteiger partial charge in [0, 0.05) is 23.8 Å². The number of nitrogens with zero attached hydrogens (tertiary/aromatic N) is 3. The highest BCUT2D eigenvalue weighted by Crippen LogP contribution is 2.30. The van der Waals surface area contributed by atoms with Crippen molar-refractivity contribution in [1.29, 1.82) is 0 Å².